The SMILES string of the molecule is C=C/C=C\C(=C)/C(C)=C/CC.CC.NC(=O)N1Cc2cc(F)cnc2C1. The molecule has 0 atom stereocenters. The summed E-state index contributed by atoms with van der Waals surface area (Å²) in [5.74, 6) is -0.384. The normalized spacial score (nSPS) is 12.5. The summed E-state index contributed by atoms with van der Waals surface area (Å²) in [4.78, 5) is 16.1. The zero-order chi connectivity index (χ0) is 20.1. The molecule has 0 saturated carbocycles. The number of hydrogen-bond donors (Lipinski definition) is 1. The molecule has 2 rings (SSSR count). The lowest BCUT2D eigenvalue weighted by Gasteiger charge is -2.09. The van der Waals surface area contributed by atoms with Crippen molar-refractivity contribution in [3.8, 4) is 0 Å². The van der Waals surface area contributed by atoms with Crippen LogP contribution in [0.3, 0.4) is 0 Å². The second-order valence-corrected chi connectivity index (χ2v) is 5.37. The lowest BCUT2D eigenvalue weighted by molar-refractivity contribution is 0.208. The van der Waals surface area contributed by atoms with Crippen molar-refractivity contribution in [1.82, 2.24) is 9.88 Å². The zero-order valence-electron chi connectivity index (χ0n) is 16.3. The van der Waals surface area contributed by atoms with Crippen LogP contribution in [0.2, 0.25) is 0 Å². The number of halogens is 1. The molecule has 142 valence electrons. The number of carbonyl (C=O) groups excluding carboxylic acids is 1. The van der Waals surface area contributed by atoms with Crippen LogP contribution in [0.1, 0.15) is 45.4 Å². The fraction of sp³-hybridized carbons (Fsp3) is 0.333. The fourth-order valence-electron chi connectivity index (χ4n) is 2.14. The van der Waals surface area contributed by atoms with E-state index in [4.69, 9.17) is 5.73 Å². The Labute approximate surface area is 156 Å². The molecule has 5 heteroatoms. The summed E-state index contributed by atoms with van der Waals surface area (Å²) in [5.41, 5.74) is 8.84. The first-order valence-corrected chi connectivity index (χ1v) is 8.71. The van der Waals surface area contributed by atoms with Crippen LogP contribution < -0.4 is 5.73 Å². The maximum atomic E-state index is 12.7. The molecule has 4 nitrogen and oxygen atoms in total. The third-order valence-electron chi connectivity index (χ3n) is 3.49. The molecule has 1 aromatic heterocycles. The van der Waals surface area contributed by atoms with Crippen molar-refractivity contribution in [2.45, 2.75) is 47.2 Å². The first-order chi connectivity index (χ1) is 12.4. The van der Waals surface area contributed by atoms with E-state index in [0.717, 1.165) is 29.4 Å². The Morgan fingerprint density at radius 3 is 2.62 bits per heavy atom. The van der Waals surface area contributed by atoms with E-state index in [1.807, 2.05) is 26.0 Å². The Morgan fingerprint density at radius 1 is 1.42 bits per heavy atom. The third kappa shape index (κ3) is 7.92. The molecule has 1 aliphatic rings. The number of nitrogens with two attached hydrogens (primary N) is 1. The van der Waals surface area contributed by atoms with Crippen molar-refractivity contribution in [2.24, 2.45) is 5.73 Å². The summed E-state index contributed by atoms with van der Waals surface area (Å²) >= 11 is 0. The Balaban J connectivity index is 0.000000446. The molecule has 2 heterocycles. The number of primary amides is 1. The number of rotatable bonds is 4. The van der Waals surface area contributed by atoms with Gasteiger partial charge in [-0.3, -0.25) is 4.98 Å². The van der Waals surface area contributed by atoms with Gasteiger partial charge in [0.1, 0.15) is 5.82 Å². The quantitative estimate of drug-likeness (QED) is 0.743. The first kappa shape index (κ1) is 23.3. The van der Waals surface area contributed by atoms with E-state index in [9.17, 15) is 9.18 Å². The lowest BCUT2D eigenvalue weighted by Crippen LogP contribution is -2.30. The Bertz CT molecular complexity index is 678. The smallest absolute Gasteiger partial charge is 0.315 e. The summed E-state index contributed by atoms with van der Waals surface area (Å²) in [6.07, 6.45) is 9.99. The average Bonchev–Trinajstić information content (AvgIpc) is 3.05. The van der Waals surface area contributed by atoms with Crippen molar-refractivity contribution < 1.29 is 9.18 Å². The minimum Gasteiger partial charge on any atom is -0.351 e. The standard InChI is InChI=1S/C11H16.C8H8FN3O.C2H6/c1-5-7-9-11(4)10(3)8-6-2;9-6-1-5-3-12(8(10)13)4-7(5)11-2-6;1-2/h5,7-9H,1,4,6H2,2-3H3;1-2H,3-4H2,(H2,10,13);1-2H3/b9-7-,10-8+;;. The molecule has 0 saturated heterocycles. The highest BCUT2D eigenvalue weighted by Gasteiger charge is 2.22. The van der Waals surface area contributed by atoms with Crippen molar-refractivity contribution in [3.05, 3.63) is 77.9 Å². The summed E-state index contributed by atoms with van der Waals surface area (Å²) < 4.78 is 12.7. The number of amides is 2. The van der Waals surface area contributed by atoms with Crippen LogP contribution in [0.5, 0.6) is 0 Å². The molecule has 0 radical (unpaired) electrons. The van der Waals surface area contributed by atoms with Crippen LogP contribution in [0.25, 0.3) is 0 Å². The highest BCUT2D eigenvalue weighted by atomic mass is 19.1. The molecule has 0 unspecified atom stereocenters. The molecule has 1 aliphatic heterocycles. The minimum absolute atomic E-state index is 0.357. The molecular weight excluding hydrogens is 329 g/mol. The summed E-state index contributed by atoms with van der Waals surface area (Å²) in [6, 6.07) is 0.879. The van der Waals surface area contributed by atoms with Gasteiger partial charge in [-0.05, 0) is 36.1 Å². The van der Waals surface area contributed by atoms with Crippen LogP contribution in [-0.2, 0) is 13.1 Å². The predicted octanol–water partition coefficient (Wildman–Crippen LogP) is 5.28. The zero-order valence-corrected chi connectivity index (χ0v) is 16.3. The van der Waals surface area contributed by atoms with Gasteiger partial charge in [0.15, 0.2) is 0 Å². The molecule has 0 fully saturated rings. The Hall–Kier alpha value is -2.69. The molecule has 2 amide bonds. The molecule has 0 bridgehead atoms. The number of fused-ring (bicyclic) bond motifs is 1. The average molecular weight is 359 g/mol. The van der Waals surface area contributed by atoms with E-state index in [-0.39, 0.29) is 5.82 Å². The number of urea groups is 1. The van der Waals surface area contributed by atoms with Crippen LogP contribution >= 0.6 is 0 Å². The van der Waals surface area contributed by atoms with Gasteiger partial charge >= 0.3 is 6.03 Å². The molecule has 1 aromatic rings. The molecule has 0 aromatic carbocycles. The number of carbonyl (C=O) groups is 1. The van der Waals surface area contributed by atoms with Crippen LogP contribution in [0, 0.1) is 5.82 Å². The van der Waals surface area contributed by atoms with Gasteiger partial charge < -0.3 is 10.6 Å². The van der Waals surface area contributed by atoms with Gasteiger partial charge in [0, 0.05) is 6.54 Å². The van der Waals surface area contributed by atoms with E-state index >= 15 is 0 Å². The Morgan fingerprint density at radius 2 is 2.08 bits per heavy atom. The molecular formula is C21H30FN3O. The maximum absolute atomic E-state index is 12.7. The molecule has 2 N–H and O–H groups in total. The predicted molar refractivity (Wildman–Crippen MR) is 107 cm³/mol. The van der Waals surface area contributed by atoms with Gasteiger partial charge in [0.05, 0.1) is 18.4 Å². The van der Waals surface area contributed by atoms with E-state index < -0.39 is 6.03 Å². The highest BCUT2D eigenvalue weighted by molar-refractivity contribution is 5.72. The number of aromatic nitrogens is 1. The summed E-state index contributed by atoms with van der Waals surface area (Å²) in [5, 5.41) is 0. The van der Waals surface area contributed by atoms with Gasteiger partial charge in [-0.15, -0.1) is 0 Å². The molecule has 26 heavy (non-hydrogen) atoms. The number of allylic oxidation sites excluding steroid dienone is 6. The van der Waals surface area contributed by atoms with E-state index in [0.29, 0.717) is 13.1 Å². The number of pyridine rings is 1. The van der Waals surface area contributed by atoms with Gasteiger partial charge in [0.25, 0.3) is 0 Å². The highest BCUT2D eigenvalue weighted by Crippen LogP contribution is 2.20. The van der Waals surface area contributed by atoms with Crippen LogP contribution in [-0.4, -0.2) is 15.9 Å². The van der Waals surface area contributed by atoms with Crippen molar-refractivity contribution in [3.63, 3.8) is 0 Å². The van der Waals surface area contributed by atoms with Gasteiger partial charge in [-0.2, -0.15) is 0 Å². The maximum Gasteiger partial charge on any atom is 0.315 e. The van der Waals surface area contributed by atoms with Crippen molar-refractivity contribution in [2.75, 3.05) is 0 Å². The molecule has 0 spiro atoms. The third-order valence-corrected chi connectivity index (χ3v) is 3.49. The molecule has 0 aliphatic carbocycles. The largest absolute Gasteiger partial charge is 0.351 e. The van der Waals surface area contributed by atoms with E-state index in [1.54, 1.807) is 6.08 Å². The van der Waals surface area contributed by atoms with Gasteiger partial charge in [-0.1, -0.05) is 58.2 Å². The van der Waals surface area contributed by atoms with Gasteiger partial charge in [-0.25, -0.2) is 9.18 Å². The summed E-state index contributed by atoms with van der Waals surface area (Å²) in [7, 11) is 0. The number of nitrogens with zero attached hydrogens (tertiary/aromatic N) is 2. The minimum atomic E-state index is -0.501. The monoisotopic (exact) mass is 359 g/mol. The lowest BCUT2D eigenvalue weighted by atomic mass is 10.1. The van der Waals surface area contributed by atoms with Crippen LogP contribution in [0.4, 0.5) is 9.18 Å². The van der Waals surface area contributed by atoms with Crippen LogP contribution in [0.15, 0.2) is 60.9 Å². The van der Waals surface area contributed by atoms with Crippen molar-refractivity contribution >= 4 is 6.03 Å². The van der Waals surface area contributed by atoms with E-state index in [1.165, 1.54) is 16.5 Å². The first-order valence-electron chi connectivity index (χ1n) is 8.71. The Kier molecular flexibility index (Phi) is 11.3. The second-order valence-electron chi connectivity index (χ2n) is 5.37. The summed E-state index contributed by atoms with van der Waals surface area (Å²) in [6.45, 7) is 16.4. The topological polar surface area (TPSA) is 59.2 Å². The fourth-order valence-corrected chi connectivity index (χ4v) is 2.14. The van der Waals surface area contributed by atoms with Crippen molar-refractivity contribution in [1.29, 1.82) is 0 Å². The second kappa shape index (κ2) is 12.6. The number of hydrogen-bond acceptors (Lipinski definition) is 2. The van der Waals surface area contributed by atoms with Gasteiger partial charge in [0.2, 0.25) is 0 Å². The van der Waals surface area contributed by atoms with E-state index in [2.05, 4.69) is 38.1 Å².